The molecule has 0 aromatic heterocycles. The molecule has 3 aromatic carbocycles. The minimum Gasteiger partial charge on any atom is -0.478 e. The van der Waals surface area contributed by atoms with Gasteiger partial charge in [-0.05, 0) is 46.3 Å². The van der Waals surface area contributed by atoms with Crippen molar-refractivity contribution in [1.82, 2.24) is 0 Å². The first-order valence-corrected chi connectivity index (χ1v) is 9.08. The van der Waals surface area contributed by atoms with Crippen LogP contribution in [0.5, 0.6) is 0 Å². The van der Waals surface area contributed by atoms with Crippen molar-refractivity contribution in [2.75, 3.05) is 11.1 Å². The molecule has 4 rings (SSSR count). The van der Waals surface area contributed by atoms with E-state index in [1.807, 2.05) is 0 Å². The Hall–Kier alpha value is -3.45. The lowest BCUT2D eigenvalue weighted by molar-refractivity contribution is 0.0696. The summed E-state index contributed by atoms with van der Waals surface area (Å²) in [5.41, 5.74) is 8.45. The lowest BCUT2D eigenvalue weighted by atomic mass is 9.82. The second-order valence-corrected chi connectivity index (χ2v) is 7.14. The van der Waals surface area contributed by atoms with Gasteiger partial charge in [0.15, 0.2) is 11.6 Å². The van der Waals surface area contributed by atoms with Crippen LogP contribution in [-0.4, -0.2) is 22.6 Å². The number of carboxylic acid groups (broad SMARTS) is 1. The Balaban J connectivity index is 1.86. The van der Waals surface area contributed by atoms with Gasteiger partial charge >= 0.3 is 5.97 Å². The number of carboxylic acids is 1. The van der Waals surface area contributed by atoms with Gasteiger partial charge in [-0.3, -0.25) is 9.59 Å². The van der Waals surface area contributed by atoms with Gasteiger partial charge in [-0.25, -0.2) is 4.79 Å². The highest BCUT2D eigenvalue weighted by Crippen LogP contribution is 2.40. The molecule has 0 fully saturated rings. The number of hydrogen-bond donors (Lipinski definition) is 3. The molecule has 7 heteroatoms. The van der Waals surface area contributed by atoms with E-state index < -0.39 is 5.97 Å². The number of aromatic carboxylic acids is 1. The molecule has 1 aliphatic carbocycles. The number of nitrogen functional groups attached to an aromatic ring is 1. The summed E-state index contributed by atoms with van der Waals surface area (Å²) >= 11 is 3.35. The van der Waals surface area contributed by atoms with Crippen molar-refractivity contribution in [3.63, 3.8) is 0 Å². The van der Waals surface area contributed by atoms with Crippen molar-refractivity contribution in [1.29, 1.82) is 0 Å². The summed E-state index contributed by atoms with van der Waals surface area (Å²) in [4.78, 5) is 37.2. The summed E-state index contributed by atoms with van der Waals surface area (Å²) in [5, 5.41) is 12.1. The van der Waals surface area contributed by atoms with Gasteiger partial charge in [-0.15, -0.1) is 0 Å². The SMILES string of the molecule is Nc1c(Br)cc(Nc2ccc(C(=O)O)cc2)c2c1C(=O)c1ccccc1C2=O. The number of carbonyl (C=O) groups is 3. The molecule has 0 saturated heterocycles. The molecule has 0 spiro atoms. The maximum Gasteiger partial charge on any atom is 0.335 e. The summed E-state index contributed by atoms with van der Waals surface area (Å²) in [6.07, 6.45) is 0. The number of halogens is 1. The van der Waals surface area contributed by atoms with Gasteiger partial charge in [0.25, 0.3) is 0 Å². The van der Waals surface area contributed by atoms with Crippen LogP contribution >= 0.6 is 15.9 Å². The summed E-state index contributed by atoms with van der Waals surface area (Å²) < 4.78 is 0.483. The molecule has 3 aromatic rings. The Morgan fingerprint density at radius 1 is 0.929 bits per heavy atom. The molecular formula is C21H13BrN2O4. The van der Waals surface area contributed by atoms with Gasteiger partial charge in [-0.1, -0.05) is 24.3 Å². The second-order valence-electron chi connectivity index (χ2n) is 6.28. The zero-order valence-corrected chi connectivity index (χ0v) is 15.9. The highest BCUT2D eigenvalue weighted by Gasteiger charge is 2.34. The molecule has 0 radical (unpaired) electrons. The monoisotopic (exact) mass is 436 g/mol. The van der Waals surface area contributed by atoms with Gasteiger partial charge in [0.05, 0.1) is 28.1 Å². The summed E-state index contributed by atoms with van der Waals surface area (Å²) in [6, 6.07) is 14.3. The van der Waals surface area contributed by atoms with Crippen LogP contribution in [-0.2, 0) is 0 Å². The third kappa shape index (κ3) is 2.76. The minimum absolute atomic E-state index is 0.145. The van der Waals surface area contributed by atoms with E-state index in [2.05, 4.69) is 21.2 Å². The van der Waals surface area contributed by atoms with Gasteiger partial charge in [-0.2, -0.15) is 0 Å². The van der Waals surface area contributed by atoms with Crippen LogP contribution in [0.1, 0.15) is 42.2 Å². The average molecular weight is 437 g/mol. The molecule has 0 aliphatic heterocycles. The van der Waals surface area contributed by atoms with Crippen molar-refractivity contribution >= 4 is 50.5 Å². The molecular weight excluding hydrogens is 424 g/mol. The molecule has 0 unspecified atom stereocenters. The van der Waals surface area contributed by atoms with E-state index >= 15 is 0 Å². The number of nitrogens with two attached hydrogens (primary N) is 1. The number of nitrogens with one attached hydrogen (secondary N) is 1. The molecule has 0 amide bonds. The predicted octanol–water partition coefficient (Wildman–Crippen LogP) is 4.25. The van der Waals surface area contributed by atoms with Gasteiger partial charge < -0.3 is 16.2 Å². The highest BCUT2D eigenvalue weighted by atomic mass is 79.9. The van der Waals surface area contributed by atoms with Gasteiger partial charge in [0.2, 0.25) is 0 Å². The van der Waals surface area contributed by atoms with Crippen LogP contribution in [0.3, 0.4) is 0 Å². The highest BCUT2D eigenvalue weighted by molar-refractivity contribution is 9.10. The van der Waals surface area contributed by atoms with E-state index in [0.717, 1.165) is 0 Å². The molecule has 6 nitrogen and oxygen atoms in total. The first-order valence-electron chi connectivity index (χ1n) is 8.29. The molecule has 0 atom stereocenters. The van der Waals surface area contributed by atoms with Gasteiger partial charge in [0.1, 0.15) is 0 Å². The Morgan fingerprint density at radius 3 is 2.07 bits per heavy atom. The van der Waals surface area contributed by atoms with Gasteiger partial charge in [0, 0.05) is 21.3 Å². The average Bonchev–Trinajstić information content (AvgIpc) is 2.69. The standard InChI is InChI=1S/C21H13BrN2O4/c22-14-9-15(24-11-7-5-10(6-8-11)21(27)28)16-17(18(14)23)20(26)13-4-2-1-3-12(13)19(16)25/h1-9,24H,23H2,(H,27,28). The topological polar surface area (TPSA) is 109 Å². The van der Waals surface area contributed by atoms with Crippen LogP contribution in [0.4, 0.5) is 17.1 Å². The number of rotatable bonds is 3. The number of benzene rings is 3. The maximum atomic E-state index is 13.1. The summed E-state index contributed by atoms with van der Waals surface area (Å²) in [6.45, 7) is 0. The number of carbonyl (C=O) groups excluding carboxylic acids is 2. The molecule has 4 N–H and O–H groups in total. The zero-order valence-electron chi connectivity index (χ0n) is 14.3. The lowest BCUT2D eigenvalue weighted by Crippen LogP contribution is -2.23. The van der Waals surface area contributed by atoms with Crippen LogP contribution in [0.25, 0.3) is 0 Å². The lowest BCUT2D eigenvalue weighted by Gasteiger charge is -2.23. The van der Waals surface area contributed by atoms with E-state index in [9.17, 15) is 14.4 Å². The number of fused-ring (bicyclic) bond motifs is 2. The molecule has 0 bridgehead atoms. The first kappa shape index (κ1) is 17.9. The van der Waals surface area contributed by atoms with E-state index in [0.29, 0.717) is 27.0 Å². The Labute approximate surface area is 168 Å². The fourth-order valence-corrected chi connectivity index (χ4v) is 3.66. The third-order valence-electron chi connectivity index (χ3n) is 4.60. The summed E-state index contributed by atoms with van der Waals surface area (Å²) in [5.74, 6) is -1.64. The zero-order chi connectivity index (χ0) is 20.0. The normalized spacial score (nSPS) is 12.3. The fraction of sp³-hybridized carbons (Fsp3) is 0. The van der Waals surface area contributed by atoms with E-state index in [4.69, 9.17) is 10.8 Å². The largest absolute Gasteiger partial charge is 0.478 e. The summed E-state index contributed by atoms with van der Waals surface area (Å²) in [7, 11) is 0. The van der Waals surface area contributed by atoms with Crippen LogP contribution in [0, 0.1) is 0 Å². The number of anilines is 3. The maximum absolute atomic E-state index is 13.1. The van der Waals surface area contributed by atoms with Crippen molar-refractivity contribution in [2.24, 2.45) is 0 Å². The smallest absolute Gasteiger partial charge is 0.335 e. The molecule has 138 valence electrons. The molecule has 0 saturated carbocycles. The van der Waals surface area contributed by atoms with Crippen molar-refractivity contribution in [2.45, 2.75) is 0 Å². The Kier molecular flexibility index (Phi) is 4.24. The second kappa shape index (κ2) is 6.61. The first-order chi connectivity index (χ1) is 13.4. The number of hydrogen-bond acceptors (Lipinski definition) is 5. The third-order valence-corrected chi connectivity index (χ3v) is 5.25. The van der Waals surface area contributed by atoms with Crippen molar-refractivity contribution in [3.05, 3.63) is 86.9 Å². The van der Waals surface area contributed by atoms with E-state index in [-0.39, 0.29) is 33.9 Å². The molecule has 0 heterocycles. The van der Waals surface area contributed by atoms with E-state index in [1.54, 1.807) is 42.5 Å². The predicted molar refractivity (Wildman–Crippen MR) is 109 cm³/mol. The Morgan fingerprint density at radius 2 is 1.50 bits per heavy atom. The Bertz CT molecular complexity index is 1170. The van der Waals surface area contributed by atoms with Crippen LogP contribution < -0.4 is 11.1 Å². The number of ketones is 2. The fourth-order valence-electron chi connectivity index (χ4n) is 3.24. The van der Waals surface area contributed by atoms with E-state index in [1.165, 1.54) is 12.1 Å². The molecule has 28 heavy (non-hydrogen) atoms. The quantitative estimate of drug-likeness (QED) is 0.414. The van der Waals surface area contributed by atoms with Crippen molar-refractivity contribution in [3.8, 4) is 0 Å². The van der Waals surface area contributed by atoms with Crippen LogP contribution in [0.15, 0.2) is 59.1 Å². The van der Waals surface area contributed by atoms with Crippen molar-refractivity contribution < 1.29 is 19.5 Å². The molecule has 1 aliphatic rings. The minimum atomic E-state index is -1.03. The van der Waals surface area contributed by atoms with Crippen LogP contribution in [0.2, 0.25) is 0 Å².